The number of carbonyl (C=O) groups is 1. The minimum Gasteiger partial charge on any atom is -0.480 e. The normalized spacial score (nSPS) is 11.6. The summed E-state index contributed by atoms with van der Waals surface area (Å²) in [7, 11) is 2.44. The number of esters is 1. The lowest BCUT2D eigenvalue weighted by Crippen LogP contribution is -2.14. The van der Waals surface area contributed by atoms with E-state index in [0.717, 1.165) is 11.8 Å². The van der Waals surface area contributed by atoms with Gasteiger partial charge in [-0.25, -0.2) is 4.79 Å². The van der Waals surface area contributed by atoms with E-state index in [-0.39, 0.29) is 9.77 Å². The van der Waals surface area contributed by atoms with Gasteiger partial charge in [-0.15, -0.1) is 11.8 Å². The Labute approximate surface area is 85.9 Å². The van der Waals surface area contributed by atoms with Gasteiger partial charge >= 0.3 is 5.97 Å². The Kier molecular flexibility index (Phi) is 5.48. The molecule has 0 fully saturated rings. The second-order valence-corrected chi connectivity index (χ2v) is 3.35. The van der Waals surface area contributed by atoms with E-state index in [1.54, 1.807) is 6.26 Å². The maximum atomic E-state index is 11.1. The van der Waals surface area contributed by atoms with E-state index in [1.807, 2.05) is 0 Å². The van der Waals surface area contributed by atoms with Crippen molar-refractivity contribution in [3.8, 4) is 0 Å². The highest BCUT2D eigenvalue weighted by Crippen LogP contribution is 2.14. The van der Waals surface area contributed by atoms with Crippen LogP contribution in [-0.2, 0) is 14.3 Å². The average Bonchev–Trinajstić information content (AvgIpc) is 2.16. The van der Waals surface area contributed by atoms with Crippen molar-refractivity contribution in [3.63, 3.8) is 0 Å². The highest BCUT2D eigenvalue weighted by molar-refractivity contribution is 8.23. The van der Waals surface area contributed by atoms with Crippen LogP contribution in [0.4, 0.5) is 0 Å². The topological polar surface area (TPSA) is 55.8 Å². The third-order valence-electron chi connectivity index (χ3n) is 1.19. The molecule has 0 unspecified atom stereocenters. The largest absolute Gasteiger partial charge is 0.480 e. The van der Waals surface area contributed by atoms with E-state index >= 15 is 0 Å². The molecule has 0 radical (unpaired) electrons. The van der Waals surface area contributed by atoms with Gasteiger partial charge in [-0.2, -0.15) is 0 Å². The van der Waals surface area contributed by atoms with Crippen molar-refractivity contribution < 1.29 is 19.4 Å². The summed E-state index contributed by atoms with van der Waals surface area (Å²) in [6.07, 6.45) is 1.69. The Bertz CT molecular complexity index is 229. The number of carbonyl (C=O) groups excluding carboxylic acids is 1. The first-order valence-corrected chi connectivity index (χ1v) is 4.85. The van der Waals surface area contributed by atoms with Gasteiger partial charge in [0.05, 0.1) is 18.4 Å². The molecule has 0 aromatic rings. The molecule has 4 nitrogen and oxygen atoms in total. The molecule has 1 N–H and O–H groups in total. The van der Waals surface area contributed by atoms with Gasteiger partial charge < -0.3 is 14.6 Å². The van der Waals surface area contributed by atoms with Crippen LogP contribution in [0.1, 0.15) is 0 Å². The van der Waals surface area contributed by atoms with Gasteiger partial charge in [0.15, 0.2) is 5.57 Å². The van der Waals surface area contributed by atoms with Crippen molar-refractivity contribution in [2.75, 3.05) is 20.5 Å². The van der Waals surface area contributed by atoms with Gasteiger partial charge in [0.2, 0.25) is 0 Å². The number of aliphatic hydroxyl groups is 1. The molecule has 0 amide bonds. The van der Waals surface area contributed by atoms with Crippen molar-refractivity contribution >= 4 is 34.1 Å². The van der Waals surface area contributed by atoms with Crippen molar-refractivity contribution in [1.82, 2.24) is 0 Å². The first-order valence-electron chi connectivity index (χ1n) is 3.22. The number of methoxy groups -OCH3 is 2. The van der Waals surface area contributed by atoms with Gasteiger partial charge in [0.1, 0.15) is 0 Å². The molecule has 0 rings (SSSR count). The van der Waals surface area contributed by atoms with Crippen LogP contribution in [0.15, 0.2) is 11.5 Å². The SMILES string of the molecule is COC(=O)/C(C(=S)SC)=C(\O)OC. The molecule has 0 aromatic carbocycles. The van der Waals surface area contributed by atoms with Crippen molar-refractivity contribution in [1.29, 1.82) is 0 Å². The lowest BCUT2D eigenvalue weighted by Gasteiger charge is -2.06. The van der Waals surface area contributed by atoms with Gasteiger partial charge in [-0.05, 0) is 6.26 Å². The second-order valence-electron chi connectivity index (χ2n) is 1.87. The van der Waals surface area contributed by atoms with Crippen LogP contribution >= 0.6 is 24.0 Å². The molecule has 0 heterocycles. The molecule has 0 aliphatic carbocycles. The number of hydrogen-bond acceptors (Lipinski definition) is 6. The molecule has 0 saturated heterocycles. The van der Waals surface area contributed by atoms with E-state index < -0.39 is 11.9 Å². The summed E-state index contributed by atoms with van der Waals surface area (Å²) in [6.45, 7) is 0. The van der Waals surface area contributed by atoms with Gasteiger partial charge in [0.25, 0.3) is 5.95 Å². The molecule has 0 spiro atoms. The average molecular weight is 222 g/mol. The summed E-state index contributed by atoms with van der Waals surface area (Å²) < 4.78 is 9.14. The number of thioether (sulfide) groups is 1. The minimum absolute atomic E-state index is 0.118. The molecule has 74 valence electrons. The first kappa shape index (κ1) is 12.2. The van der Waals surface area contributed by atoms with Gasteiger partial charge in [0, 0.05) is 0 Å². The van der Waals surface area contributed by atoms with Crippen molar-refractivity contribution in [2.45, 2.75) is 0 Å². The zero-order valence-corrected chi connectivity index (χ0v) is 9.12. The molecular weight excluding hydrogens is 212 g/mol. The van der Waals surface area contributed by atoms with E-state index in [4.69, 9.17) is 12.2 Å². The predicted octanol–water partition coefficient (Wildman–Crippen LogP) is 1.27. The fraction of sp³-hybridized carbons (Fsp3) is 0.429. The zero-order chi connectivity index (χ0) is 10.4. The Morgan fingerprint density at radius 2 is 1.92 bits per heavy atom. The first-order chi connectivity index (χ1) is 6.08. The summed E-state index contributed by atoms with van der Waals surface area (Å²) >= 11 is 5.98. The molecule has 0 aromatic heterocycles. The molecule has 0 saturated carbocycles. The van der Waals surface area contributed by atoms with Crippen LogP contribution in [0.2, 0.25) is 0 Å². The maximum Gasteiger partial charge on any atom is 0.347 e. The fourth-order valence-electron chi connectivity index (χ4n) is 0.564. The number of hydrogen-bond donors (Lipinski definition) is 1. The summed E-state index contributed by atoms with van der Waals surface area (Å²) in [5, 5.41) is 9.18. The number of ether oxygens (including phenoxy) is 2. The lowest BCUT2D eigenvalue weighted by atomic mass is 10.3. The minimum atomic E-state index is -0.710. The standard InChI is InChI=1S/C7H10O4S2/c1-10-5(8)4(6(9)11-2)7(12)13-3/h8H,1-3H3/b5-4-. The number of rotatable bonds is 3. The number of aliphatic hydroxyl groups excluding tert-OH is 1. The summed E-state index contributed by atoms with van der Waals surface area (Å²) in [5.41, 5.74) is -0.118. The molecule has 0 aliphatic heterocycles. The summed E-state index contributed by atoms with van der Waals surface area (Å²) in [4.78, 5) is 11.1. The smallest absolute Gasteiger partial charge is 0.347 e. The lowest BCUT2D eigenvalue weighted by molar-refractivity contribution is -0.136. The molecule has 0 bridgehead atoms. The van der Waals surface area contributed by atoms with Crippen LogP contribution in [0.3, 0.4) is 0 Å². The Hall–Kier alpha value is -0.750. The third-order valence-corrected chi connectivity index (χ3v) is 2.47. The van der Waals surface area contributed by atoms with Crippen LogP contribution in [0.5, 0.6) is 0 Å². The van der Waals surface area contributed by atoms with Gasteiger partial charge in [-0.1, -0.05) is 12.2 Å². The monoisotopic (exact) mass is 222 g/mol. The van der Waals surface area contributed by atoms with Crippen LogP contribution in [0.25, 0.3) is 0 Å². The fourth-order valence-corrected chi connectivity index (χ4v) is 1.11. The highest BCUT2D eigenvalue weighted by atomic mass is 32.2. The summed E-state index contributed by atoms with van der Waals surface area (Å²) in [5.74, 6) is -1.23. The molecule has 0 atom stereocenters. The van der Waals surface area contributed by atoms with Gasteiger partial charge in [-0.3, -0.25) is 0 Å². The molecule has 6 heteroatoms. The van der Waals surface area contributed by atoms with Crippen molar-refractivity contribution in [2.24, 2.45) is 0 Å². The third kappa shape index (κ3) is 3.23. The number of thiocarbonyl (C=S) groups is 1. The predicted molar refractivity (Wildman–Crippen MR) is 54.8 cm³/mol. The second kappa shape index (κ2) is 5.82. The molecular formula is C7H10O4S2. The van der Waals surface area contributed by atoms with E-state index in [0.29, 0.717) is 0 Å². The van der Waals surface area contributed by atoms with Crippen LogP contribution in [-0.4, -0.2) is 35.7 Å². The Balaban J connectivity index is 4.97. The quantitative estimate of drug-likeness (QED) is 0.336. The van der Waals surface area contributed by atoms with E-state index in [2.05, 4.69) is 9.47 Å². The Morgan fingerprint density at radius 1 is 1.38 bits per heavy atom. The Morgan fingerprint density at radius 3 is 2.23 bits per heavy atom. The molecule has 0 aliphatic rings. The van der Waals surface area contributed by atoms with Crippen LogP contribution < -0.4 is 0 Å². The van der Waals surface area contributed by atoms with Crippen molar-refractivity contribution in [3.05, 3.63) is 11.5 Å². The maximum absolute atomic E-state index is 11.1. The molecule has 13 heavy (non-hydrogen) atoms. The van der Waals surface area contributed by atoms with Crippen LogP contribution in [0, 0.1) is 0 Å². The van der Waals surface area contributed by atoms with E-state index in [1.165, 1.54) is 14.2 Å². The highest BCUT2D eigenvalue weighted by Gasteiger charge is 2.21. The zero-order valence-electron chi connectivity index (χ0n) is 7.49. The van der Waals surface area contributed by atoms with E-state index in [9.17, 15) is 9.90 Å². The summed E-state index contributed by atoms with van der Waals surface area (Å²) in [6, 6.07) is 0.